The lowest BCUT2D eigenvalue weighted by atomic mass is 10.2. The first-order valence-corrected chi connectivity index (χ1v) is 9.84. The van der Waals surface area contributed by atoms with Crippen LogP contribution in [-0.2, 0) is 25.6 Å². The molecular formula is C21H22N2O4S. The van der Waals surface area contributed by atoms with Crippen molar-refractivity contribution < 1.29 is 19.1 Å². The van der Waals surface area contributed by atoms with Crippen molar-refractivity contribution in [2.75, 3.05) is 24.7 Å². The Hall–Kier alpha value is -2.77. The van der Waals surface area contributed by atoms with Gasteiger partial charge in [0.2, 0.25) is 0 Å². The molecule has 0 fully saturated rings. The van der Waals surface area contributed by atoms with Crippen LogP contribution in [0.15, 0.2) is 48.5 Å². The molecule has 3 aromatic rings. The smallest absolute Gasteiger partial charge is 0.332 e. The number of thiazole rings is 1. The summed E-state index contributed by atoms with van der Waals surface area (Å²) in [6.45, 7) is 4.02. The van der Waals surface area contributed by atoms with Crippen molar-refractivity contribution in [3.63, 3.8) is 0 Å². The number of aryl methyl sites for hydroxylation is 1. The molecule has 0 radical (unpaired) electrons. The number of ether oxygens (including phenoxy) is 2. The maximum Gasteiger partial charge on any atom is 0.332 e. The number of esters is 1. The lowest BCUT2D eigenvalue weighted by Gasteiger charge is -2.20. The average Bonchev–Trinajstić information content (AvgIpc) is 3.15. The lowest BCUT2D eigenvalue weighted by Crippen LogP contribution is -2.34. The summed E-state index contributed by atoms with van der Waals surface area (Å²) in [7, 11) is 0. The molecule has 0 atom stereocenters. The third kappa shape index (κ3) is 4.94. The summed E-state index contributed by atoms with van der Waals surface area (Å²) in [5.41, 5.74) is 2.89. The minimum absolute atomic E-state index is 0.164. The van der Waals surface area contributed by atoms with Gasteiger partial charge >= 0.3 is 5.97 Å². The van der Waals surface area contributed by atoms with Crippen LogP contribution in [0, 0.1) is 6.92 Å². The predicted octanol–water partition coefficient (Wildman–Crippen LogP) is 3.72. The zero-order chi connectivity index (χ0) is 19.9. The molecule has 3 rings (SSSR count). The highest BCUT2D eigenvalue weighted by atomic mass is 32.1. The van der Waals surface area contributed by atoms with E-state index in [1.165, 1.54) is 11.3 Å². The Kier molecular flexibility index (Phi) is 6.73. The van der Waals surface area contributed by atoms with Crippen molar-refractivity contribution in [1.29, 1.82) is 0 Å². The molecule has 1 aromatic heterocycles. The third-order valence-corrected chi connectivity index (χ3v) is 5.15. The van der Waals surface area contributed by atoms with Crippen LogP contribution in [0.1, 0.15) is 18.1 Å². The maximum atomic E-state index is 12.9. The van der Waals surface area contributed by atoms with E-state index in [1.54, 1.807) is 11.8 Å². The molecule has 0 aliphatic heterocycles. The Morgan fingerprint density at radius 3 is 2.57 bits per heavy atom. The van der Waals surface area contributed by atoms with Crippen molar-refractivity contribution in [2.24, 2.45) is 0 Å². The SMILES string of the molecule is CCOCC(=O)OCC(=O)N(Cc1ccccc1)c1nc2c(C)cccc2s1. The zero-order valence-electron chi connectivity index (χ0n) is 15.9. The summed E-state index contributed by atoms with van der Waals surface area (Å²) in [4.78, 5) is 30.8. The summed E-state index contributed by atoms with van der Waals surface area (Å²) >= 11 is 1.44. The van der Waals surface area contributed by atoms with Crippen LogP contribution in [0.2, 0.25) is 0 Å². The van der Waals surface area contributed by atoms with E-state index >= 15 is 0 Å². The molecule has 0 aliphatic rings. The highest BCUT2D eigenvalue weighted by Gasteiger charge is 2.22. The van der Waals surface area contributed by atoms with Crippen LogP contribution in [0.25, 0.3) is 10.2 Å². The second kappa shape index (κ2) is 9.43. The number of amides is 1. The predicted molar refractivity (Wildman–Crippen MR) is 109 cm³/mol. The van der Waals surface area contributed by atoms with E-state index in [2.05, 4.69) is 4.98 Å². The van der Waals surface area contributed by atoms with Gasteiger partial charge in [-0.2, -0.15) is 0 Å². The number of nitrogens with zero attached hydrogens (tertiary/aromatic N) is 2. The van der Waals surface area contributed by atoms with Crippen molar-refractivity contribution in [2.45, 2.75) is 20.4 Å². The average molecular weight is 398 g/mol. The van der Waals surface area contributed by atoms with E-state index in [-0.39, 0.29) is 19.1 Å². The van der Waals surface area contributed by atoms with Gasteiger partial charge in [0.1, 0.15) is 6.61 Å². The van der Waals surface area contributed by atoms with E-state index in [4.69, 9.17) is 9.47 Å². The molecule has 146 valence electrons. The second-order valence-corrected chi connectivity index (χ2v) is 7.19. The molecule has 0 unspecified atom stereocenters. The van der Waals surface area contributed by atoms with Crippen molar-refractivity contribution in [3.8, 4) is 0 Å². The molecule has 1 amide bonds. The molecule has 2 aromatic carbocycles. The highest BCUT2D eigenvalue weighted by molar-refractivity contribution is 7.22. The first-order chi connectivity index (χ1) is 13.6. The monoisotopic (exact) mass is 398 g/mol. The quantitative estimate of drug-likeness (QED) is 0.541. The van der Waals surface area contributed by atoms with Gasteiger partial charge in [-0.25, -0.2) is 9.78 Å². The van der Waals surface area contributed by atoms with Crippen LogP contribution < -0.4 is 4.90 Å². The standard InChI is InChI=1S/C21H22N2O4S/c1-3-26-14-19(25)27-13-18(24)23(12-16-9-5-4-6-10-16)21-22-20-15(2)8-7-11-17(20)28-21/h4-11H,3,12-14H2,1-2H3. The fourth-order valence-corrected chi connectivity index (χ4v) is 3.73. The molecule has 28 heavy (non-hydrogen) atoms. The number of carbonyl (C=O) groups is 2. The summed E-state index contributed by atoms with van der Waals surface area (Å²) in [6.07, 6.45) is 0. The van der Waals surface area contributed by atoms with Crippen LogP contribution in [-0.4, -0.2) is 36.7 Å². The molecular weight excluding hydrogens is 376 g/mol. The number of para-hydroxylation sites is 1. The number of carbonyl (C=O) groups excluding carboxylic acids is 2. The van der Waals surface area contributed by atoms with Gasteiger partial charge < -0.3 is 9.47 Å². The Morgan fingerprint density at radius 2 is 1.86 bits per heavy atom. The Balaban J connectivity index is 1.83. The molecule has 0 saturated carbocycles. The number of hydrogen-bond acceptors (Lipinski definition) is 6. The first-order valence-electron chi connectivity index (χ1n) is 9.02. The number of aromatic nitrogens is 1. The zero-order valence-corrected chi connectivity index (χ0v) is 16.7. The topological polar surface area (TPSA) is 68.7 Å². The molecule has 0 spiro atoms. The van der Waals surface area contributed by atoms with Gasteiger partial charge in [-0.05, 0) is 31.0 Å². The van der Waals surface area contributed by atoms with Gasteiger partial charge in [0, 0.05) is 6.61 Å². The molecule has 7 heteroatoms. The molecule has 6 nitrogen and oxygen atoms in total. The fraction of sp³-hybridized carbons (Fsp3) is 0.286. The lowest BCUT2D eigenvalue weighted by molar-refractivity contribution is -0.152. The van der Waals surface area contributed by atoms with E-state index in [0.29, 0.717) is 18.3 Å². The molecule has 0 saturated heterocycles. The second-order valence-electron chi connectivity index (χ2n) is 6.18. The summed E-state index contributed by atoms with van der Waals surface area (Å²) in [5.74, 6) is -0.889. The van der Waals surface area contributed by atoms with Gasteiger partial charge in [0.25, 0.3) is 5.91 Å². The number of fused-ring (bicyclic) bond motifs is 1. The van der Waals surface area contributed by atoms with Crippen LogP contribution in [0.3, 0.4) is 0 Å². The summed E-state index contributed by atoms with van der Waals surface area (Å²) in [6, 6.07) is 15.6. The normalized spacial score (nSPS) is 10.8. The number of benzene rings is 2. The van der Waals surface area contributed by atoms with Gasteiger partial charge in [-0.3, -0.25) is 9.69 Å². The number of hydrogen-bond donors (Lipinski definition) is 0. The molecule has 0 N–H and O–H groups in total. The molecule has 0 bridgehead atoms. The van der Waals surface area contributed by atoms with Crippen LogP contribution in [0.5, 0.6) is 0 Å². The Labute approximate surface area is 167 Å². The largest absolute Gasteiger partial charge is 0.454 e. The van der Waals surface area contributed by atoms with Gasteiger partial charge in [-0.1, -0.05) is 53.8 Å². The summed E-state index contributed by atoms with van der Waals surface area (Å²) in [5, 5.41) is 0.582. The Morgan fingerprint density at radius 1 is 1.07 bits per heavy atom. The van der Waals surface area contributed by atoms with Crippen molar-refractivity contribution >= 4 is 38.6 Å². The Bertz CT molecular complexity index is 955. The minimum atomic E-state index is -0.560. The first kappa shape index (κ1) is 20.0. The number of rotatable bonds is 8. The minimum Gasteiger partial charge on any atom is -0.454 e. The van der Waals surface area contributed by atoms with Gasteiger partial charge in [0.15, 0.2) is 11.7 Å². The molecule has 0 aliphatic carbocycles. The van der Waals surface area contributed by atoms with Crippen LogP contribution >= 0.6 is 11.3 Å². The van der Waals surface area contributed by atoms with E-state index in [0.717, 1.165) is 21.3 Å². The van der Waals surface area contributed by atoms with Gasteiger partial charge in [-0.15, -0.1) is 0 Å². The van der Waals surface area contributed by atoms with Crippen molar-refractivity contribution in [3.05, 3.63) is 59.7 Å². The van der Waals surface area contributed by atoms with Crippen molar-refractivity contribution in [1.82, 2.24) is 4.98 Å². The van der Waals surface area contributed by atoms with E-state index < -0.39 is 5.97 Å². The van der Waals surface area contributed by atoms with Crippen LogP contribution in [0.4, 0.5) is 5.13 Å². The molecule has 1 heterocycles. The van der Waals surface area contributed by atoms with Gasteiger partial charge in [0.05, 0.1) is 16.8 Å². The fourth-order valence-electron chi connectivity index (χ4n) is 2.67. The number of anilines is 1. The maximum absolute atomic E-state index is 12.9. The summed E-state index contributed by atoms with van der Waals surface area (Å²) < 4.78 is 11.1. The highest BCUT2D eigenvalue weighted by Crippen LogP contribution is 2.31. The third-order valence-electron chi connectivity index (χ3n) is 4.11. The van der Waals surface area contributed by atoms with E-state index in [1.807, 2.05) is 55.5 Å². The van der Waals surface area contributed by atoms with E-state index in [9.17, 15) is 9.59 Å².